The van der Waals surface area contributed by atoms with Crippen molar-refractivity contribution < 1.29 is 9.53 Å². The summed E-state index contributed by atoms with van der Waals surface area (Å²) in [5.41, 5.74) is 5.75. The maximum atomic E-state index is 11.8. The first-order valence-corrected chi connectivity index (χ1v) is 6.00. The maximum Gasteiger partial charge on any atom is 0.239 e. The SMILES string of the molecule is CCOC[C@@H]1CN(C(=O)[C@H](C)N)CC1(C)C. The smallest absolute Gasteiger partial charge is 0.239 e. The van der Waals surface area contributed by atoms with Crippen molar-refractivity contribution in [2.24, 2.45) is 17.1 Å². The maximum absolute atomic E-state index is 11.8. The third kappa shape index (κ3) is 2.95. The Morgan fingerprint density at radius 3 is 2.75 bits per heavy atom. The highest BCUT2D eigenvalue weighted by atomic mass is 16.5. The fourth-order valence-electron chi connectivity index (χ4n) is 2.19. The number of amides is 1. The fourth-order valence-corrected chi connectivity index (χ4v) is 2.19. The van der Waals surface area contributed by atoms with Crippen LogP contribution in [0.15, 0.2) is 0 Å². The number of hydrogen-bond acceptors (Lipinski definition) is 3. The van der Waals surface area contributed by atoms with Gasteiger partial charge in [-0.15, -0.1) is 0 Å². The van der Waals surface area contributed by atoms with E-state index in [1.54, 1.807) is 6.92 Å². The summed E-state index contributed by atoms with van der Waals surface area (Å²) >= 11 is 0. The molecule has 2 atom stereocenters. The van der Waals surface area contributed by atoms with Crippen LogP contribution in [0.3, 0.4) is 0 Å². The molecule has 1 aliphatic heterocycles. The van der Waals surface area contributed by atoms with E-state index in [9.17, 15) is 4.79 Å². The van der Waals surface area contributed by atoms with Crippen molar-refractivity contribution in [2.75, 3.05) is 26.3 Å². The largest absolute Gasteiger partial charge is 0.381 e. The first kappa shape index (κ1) is 13.5. The molecule has 0 unspecified atom stereocenters. The molecule has 1 aliphatic rings. The molecule has 1 saturated heterocycles. The molecule has 4 heteroatoms. The minimum Gasteiger partial charge on any atom is -0.381 e. The van der Waals surface area contributed by atoms with Crippen LogP contribution in [0, 0.1) is 11.3 Å². The van der Waals surface area contributed by atoms with Crippen LogP contribution in [0.4, 0.5) is 0 Å². The summed E-state index contributed by atoms with van der Waals surface area (Å²) in [6, 6.07) is -0.401. The molecule has 4 nitrogen and oxygen atoms in total. The fraction of sp³-hybridized carbons (Fsp3) is 0.917. The van der Waals surface area contributed by atoms with Crippen LogP contribution in [0.2, 0.25) is 0 Å². The van der Waals surface area contributed by atoms with E-state index >= 15 is 0 Å². The molecule has 0 aromatic carbocycles. The highest BCUT2D eigenvalue weighted by molar-refractivity contribution is 5.81. The van der Waals surface area contributed by atoms with Crippen molar-refractivity contribution in [2.45, 2.75) is 33.7 Å². The van der Waals surface area contributed by atoms with Crippen LogP contribution in [0.5, 0.6) is 0 Å². The lowest BCUT2D eigenvalue weighted by Gasteiger charge is -2.24. The first-order chi connectivity index (χ1) is 7.38. The number of hydrogen-bond donors (Lipinski definition) is 1. The second-order valence-electron chi connectivity index (χ2n) is 5.35. The van der Waals surface area contributed by atoms with Gasteiger partial charge in [-0.3, -0.25) is 4.79 Å². The highest BCUT2D eigenvalue weighted by Crippen LogP contribution is 2.35. The number of carbonyl (C=O) groups excluding carboxylic acids is 1. The van der Waals surface area contributed by atoms with Crippen LogP contribution < -0.4 is 5.73 Å². The van der Waals surface area contributed by atoms with E-state index in [1.165, 1.54) is 0 Å². The van der Waals surface area contributed by atoms with Gasteiger partial charge in [0.05, 0.1) is 12.6 Å². The average Bonchev–Trinajstić information content (AvgIpc) is 2.49. The van der Waals surface area contributed by atoms with Gasteiger partial charge >= 0.3 is 0 Å². The van der Waals surface area contributed by atoms with Gasteiger partial charge in [0.1, 0.15) is 0 Å². The molecule has 0 aromatic heterocycles. The van der Waals surface area contributed by atoms with Crippen molar-refractivity contribution in [3.05, 3.63) is 0 Å². The second-order valence-corrected chi connectivity index (χ2v) is 5.35. The first-order valence-electron chi connectivity index (χ1n) is 6.00. The van der Waals surface area contributed by atoms with Gasteiger partial charge in [0.15, 0.2) is 0 Å². The van der Waals surface area contributed by atoms with Crippen molar-refractivity contribution >= 4 is 5.91 Å². The zero-order valence-corrected chi connectivity index (χ0v) is 10.8. The zero-order valence-electron chi connectivity index (χ0n) is 10.8. The summed E-state index contributed by atoms with van der Waals surface area (Å²) in [4.78, 5) is 13.7. The molecule has 1 rings (SSSR count). The summed E-state index contributed by atoms with van der Waals surface area (Å²) in [5.74, 6) is 0.460. The third-order valence-electron chi connectivity index (χ3n) is 3.37. The summed E-state index contributed by atoms with van der Waals surface area (Å²) in [6.07, 6.45) is 0. The molecule has 16 heavy (non-hydrogen) atoms. The minimum atomic E-state index is -0.401. The van der Waals surface area contributed by atoms with Crippen molar-refractivity contribution in [3.8, 4) is 0 Å². The van der Waals surface area contributed by atoms with Crippen LogP contribution in [-0.2, 0) is 9.53 Å². The van der Waals surface area contributed by atoms with E-state index in [-0.39, 0.29) is 11.3 Å². The Balaban J connectivity index is 2.60. The Morgan fingerprint density at radius 1 is 1.62 bits per heavy atom. The predicted octanol–water partition coefficient (Wildman–Crippen LogP) is 0.855. The summed E-state index contributed by atoms with van der Waals surface area (Å²) in [5, 5.41) is 0. The Bertz CT molecular complexity index is 251. The molecule has 1 amide bonds. The Hall–Kier alpha value is -0.610. The topological polar surface area (TPSA) is 55.6 Å². The quantitative estimate of drug-likeness (QED) is 0.776. The number of ether oxygens (including phenoxy) is 1. The molecular weight excluding hydrogens is 204 g/mol. The van der Waals surface area contributed by atoms with Crippen LogP contribution in [0.25, 0.3) is 0 Å². The van der Waals surface area contributed by atoms with Gasteiger partial charge in [-0.05, 0) is 19.3 Å². The molecule has 94 valence electrons. The summed E-state index contributed by atoms with van der Waals surface area (Å²) in [7, 11) is 0. The summed E-state index contributed by atoms with van der Waals surface area (Å²) < 4.78 is 5.47. The monoisotopic (exact) mass is 228 g/mol. The Labute approximate surface area is 98.1 Å². The van der Waals surface area contributed by atoms with Crippen LogP contribution >= 0.6 is 0 Å². The standard InChI is InChI=1S/C12H24N2O2/c1-5-16-7-10-6-14(8-12(10,3)4)11(15)9(2)13/h9-10H,5-8,13H2,1-4H3/t9-,10-/m0/s1. The molecule has 0 aromatic rings. The van der Waals surface area contributed by atoms with E-state index in [4.69, 9.17) is 10.5 Å². The number of carbonyl (C=O) groups is 1. The normalized spacial score (nSPS) is 25.8. The highest BCUT2D eigenvalue weighted by Gasteiger charge is 2.41. The van der Waals surface area contributed by atoms with Gasteiger partial charge in [-0.1, -0.05) is 13.8 Å². The van der Waals surface area contributed by atoms with Gasteiger partial charge in [0.25, 0.3) is 0 Å². The van der Waals surface area contributed by atoms with Crippen LogP contribution in [-0.4, -0.2) is 43.2 Å². The molecule has 2 N–H and O–H groups in total. The minimum absolute atomic E-state index is 0.0482. The molecule has 1 fully saturated rings. The van der Waals surface area contributed by atoms with E-state index in [2.05, 4.69) is 13.8 Å². The molecule has 0 aliphatic carbocycles. The number of nitrogens with zero attached hydrogens (tertiary/aromatic N) is 1. The molecule has 0 bridgehead atoms. The number of nitrogens with two attached hydrogens (primary N) is 1. The van der Waals surface area contributed by atoms with Gasteiger partial charge in [0, 0.05) is 25.6 Å². The lowest BCUT2D eigenvalue weighted by Crippen LogP contribution is -2.41. The van der Waals surface area contributed by atoms with Gasteiger partial charge in [-0.25, -0.2) is 0 Å². The lowest BCUT2D eigenvalue weighted by molar-refractivity contribution is -0.131. The molecular formula is C12H24N2O2. The molecule has 0 saturated carbocycles. The van der Waals surface area contributed by atoms with E-state index < -0.39 is 6.04 Å². The second kappa shape index (κ2) is 5.15. The van der Waals surface area contributed by atoms with Gasteiger partial charge in [0.2, 0.25) is 5.91 Å². The zero-order chi connectivity index (χ0) is 12.3. The van der Waals surface area contributed by atoms with Crippen LogP contribution in [0.1, 0.15) is 27.7 Å². The van der Waals surface area contributed by atoms with Crippen molar-refractivity contribution in [3.63, 3.8) is 0 Å². The third-order valence-corrected chi connectivity index (χ3v) is 3.37. The van der Waals surface area contributed by atoms with E-state index in [0.29, 0.717) is 5.92 Å². The molecule has 1 heterocycles. The average molecular weight is 228 g/mol. The number of likely N-dealkylation sites (tertiary alicyclic amines) is 1. The van der Waals surface area contributed by atoms with E-state index in [0.717, 1.165) is 26.3 Å². The molecule has 0 spiro atoms. The van der Waals surface area contributed by atoms with Crippen molar-refractivity contribution in [1.82, 2.24) is 4.90 Å². The van der Waals surface area contributed by atoms with Gasteiger partial charge < -0.3 is 15.4 Å². The van der Waals surface area contributed by atoms with Crippen molar-refractivity contribution in [1.29, 1.82) is 0 Å². The molecule has 0 radical (unpaired) electrons. The Kier molecular flexibility index (Phi) is 4.33. The Morgan fingerprint density at radius 2 is 2.25 bits per heavy atom. The van der Waals surface area contributed by atoms with Gasteiger partial charge in [-0.2, -0.15) is 0 Å². The lowest BCUT2D eigenvalue weighted by atomic mass is 9.83. The van der Waals surface area contributed by atoms with E-state index in [1.807, 2.05) is 11.8 Å². The number of rotatable bonds is 4. The predicted molar refractivity (Wildman–Crippen MR) is 64.0 cm³/mol. The summed E-state index contributed by atoms with van der Waals surface area (Å²) in [6.45, 7) is 11.1.